The molecule has 0 aliphatic carbocycles. The Hall–Kier alpha value is -1.33. The van der Waals surface area contributed by atoms with Gasteiger partial charge in [0.05, 0.1) is 10.6 Å². The number of amides is 1. The summed E-state index contributed by atoms with van der Waals surface area (Å²) in [5, 5.41) is 3.64. The summed E-state index contributed by atoms with van der Waals surface area (Å²) < 4.78 is 0. The Morgan fingerprint density at radius 3 is 2.90 bits per heavy atom. The molecular weight excluding hydrogens is 288 g/mol. The van der Waals surface area contributed by atoms with Crippen LogP contribution in [-0.2, 0) is 0 Å². The molecule has 1 saturated heterocycles. The highest BCUT2D eigenvalue weighted by atomic mass is 35.5. The van der Waals surface area contributed by atoms with Crippen molar-refractivity contribution in [3.8, 4) is 0 Å². The highest BCUT2D eigenvalue weighted by molar-refractivity contribution is 6.33. The molecule has 116 valence electrons. The average molecular weight is 311 g/mol. The van der Waals surface area contributed by atoms with E-state index in [0.29, 0.717) is 16.4 Å². The summed E-state index contributed by atoms with van der Waals surface area (Å²) in [5.41, 5.74) is 0.554. The molecule has 1 aromatic heterocycles. The van der Waals surface area contributed by atoms with Gasteiger partial charge in [0, 0.05) is 38.4 Å². The third kappa shape index (κ3) is 3.86. The number of piperazine rings is 1. The van der Waals surface area contributed by atoms with Crippen LogP contribution < -0.4 is 5.32 Å². The van der Waals surface area contributed by atoms with Crippen molar-refractivity contribution in [1.82, 2.24) is 14.8 Å². The molecule has 6 heteroatoms. The summed E-state index contributed by atoms with van der Waals surface area (Å²) in [7, 11) is 2.07. The van der Waals surface area contributed by atoms with Crippen molar-refractivity contribution < 1.29 is 4.79 Å². The van der Waals surface area contributed by atoms with Gasteiger partial charge in [-0.2, -0.15) is 0 Å². The van der Waals surface area contributed by atoms with Crippen molar-refractivity contribution in [2.24, 2.45) is 0 Å². The molecule has 0 bridgehead atoms. The second kappa shape index (κ2) is 7.09. The van der Waals surface area contributed by atoms with Crippen LogP contribution in [0.3, 0.4) is 0 Å². The predicted octanol–water partition coefficient (Wildman–Crippen LogP) is 2.33. The number of carbonyl (C=O) groups is 1. The van der Waals surface area contributed by atoms with Crippen LogP contribution in [0, 0.1) is 0 Å². The van der Waals surface area contributed by atoms with Gasteiger partial charge in [0.15, 0.2) is 0 Å². The van der Waals surface area contributed by atoms with Gasteiger partial charge in [-0.05, 0) is 26.5 Å². The number of hydrogen-bond acceptors (Lipinski definition) is 4. The van der Waals surface area contributed by atoms with Crippen LogP contribution in [0.5, 0.6) is 0 Å². The fourth-order valence-electron chi connectivity index (χ4n) is 2.54. The van der Waals surface area contributed by atoms with Crippen LogP contribution in [0.15, 0.2) is 12.3 Å². The quantitative estimate of drug-likeness (QED) is 0.927. The van der Waals surface area contributed by atoms with Crippen molar-refractivity contribution in [3.05, 3.63) is 22.8 Å². The Morgan fingerprint density at radius 1 is 1.52 bits per heavy atom. The molecule has 2 rings (SSSR count). The Labute approximate surface area is 131 Å². The van der Waals surface area contributed by atoms with E-state index < -0.39 is 0 Å². The molecule has 2 heterocycles. The lowest BCUT2D eigenvalue weighted by molar-refractivity contribution is 0.0533. The van der Waals surface area contributed by atoms with E-state index in [1.54, 1.807) is 12.3 Å². The zero-order valence-corrected chi connectivity index (χ0v) is 13.7. The first-order valence-corrected chi connectivity index (χ1v) is 7.79. The first-order valence-electron chi connectivity index (χ1n) is 7.41. The number of nitrogens with one attached hydrogen (secondary N) is 1. The van der Waals surface area contributed by atoms with Crippen molar-refractivity contribution >= 4 is 23.3 Å². The zero-order chi connectivity index (χ0) is 15.4. The van der Waals surface area contributed by atoms with Crippen molar-refractivity contribution in [2.75, 3.05) is 38.5 Å². The highest BCUT2D eigenvalue weighted by Gasteiger charge is 2.27. The van der Waals surface area contributed by atoms with Gasteiger partial charge in [0.2, 0.25) is 0 Å². The number of carbonyl (C=O) groups excluding carboxylic acids is 1. The summed E-state index contributed by atoms with van der Waals surface area (Å²) in [6.07, 6.45) is 2.61. The first kappa shape index (κ1) is 16.0. The highest BCUT2D eigenvalue weighted by Crippen LogP contribution is 2.22. The normalized spacial score (nSPS) is 19.6. The lowest BCUT2D eigenvalue weighted by atomic mass is 10.1. The molecular formula is C15H23ClN4O. The van der Waals surface area contributed by atoms with Gasteiger partial charge in [-0.1, -0.05) is 18.5 Å². The number of rotatable bonds is 4. The fraction of sp³-hybridized carbons (Fsp3) is 0.600. The SMILES string of the molecule is CCCNc1ncc(C(=O)N2CCN(C)CC2C)cc1Cl. The lowest BCUT2D eigenvalue weighted by Crippen LogP contribution is -2.52. The van der Waals surface area contributed by atoms with E-state index in [-0.39, 0.29) is 11.9 Å². The van der Waals surface area contributed by atoms with Crippen molar-refractivity contribution in [3.63, 3.8) is 0 Å². The summed E-state index contributed by atoms with van der Waals surface area (Å²) in [5.74, 6) is 0.647. The van der Waals surface area contributed by atoms with Gasteiger partial charge in [0.25, 0.3) is 5.91 Å². The zero-order valence-electron chi connectivity index (χ0n) is 12.9. The molecule has 1 amide bonds. The van der Waals surface area contributed by atoms with E-state index in [9.17, 15) is 4.79 Å². The van der Waals surface area contributed by atoms with Gasteiger partial charge in [-0.15, -0.1) is 0 Å². The molecule has 0 spiro atoms. The molecule has 0 aromatic carbocycles. The van der Waals surface area contributed by atoms with Crippen LogP contribution >= 0.6 is 11.6 Å². The van der Waals surface area contributed by atoms with Crippen LogP contribution in [0.4, 0.5) is 5.82 Å². The Morgan fingerprint density at radius 2 is 2.29 bits per heavy atom. The number of hydrogen-bond donors (Lipinski definition) is 1. The number of nitrogens with zero attached hydrogens (tertiary/aromatic N) is 3. The maximum absolute atomic E-state index is 12.6. The van der Waals surface area contributed by atoms with Gasteiger partial charge in [0.1, 0.15) is 5.82 Å². The third-order valence-corrected chi connectivity index (χ3v) is 4.01. The minimum Gasteiger partial charge on any atom is -0.369 e. The average Bonchev–Trinajstić information content (AvgIpc) is 2.45. The van der Waals surface area contributed by atoms with E-state index in [1.165, 1.54) is 0 Å². The van der Waals surface area contributed by atoms with Crippen LogP contribution in [0.1, 0.15) is 30.6 Å². The van der Waals surface area contributed by atoms with E-state index in [4.69, 9.17) is 11.6 Å². The third-order valence-electron chi connectivity index (χ3n) is 3.72. The molecule has 1 aliphatic heterocycles. The Kier molecular flexibility index (Phi) is 5.42. The number of pyridine rings is 1. The van der Waals surface area contributed by atoms with Gasteiger partial charge in [-0.3, -0.25) is 4.79 Å². The van der Waals surface area contributed by atoms with E-state index >= 15 is 0 Å². The second-order valence-corrected chi connectivity index (χ2v) is 6.00. The van der Waals surface area contributed by atoms with Crippen LogP contribution in [0.2, 0.25) is 5.02 Å². The number of aromatic nitrogens is 1. The second-order valence-electron chi connectivity index (χ2n) is 5.59. The first-order chi connectivity index (χ1) is 10.0. The summed E-state index contributed by atoms with van der Waals surface area (Å²) >= 11 is 6.20. The maximum Gasteiger partial charge on any atom is 0.255 e. The molecule has 1 fully saturated rings. The molecule has 5 nitrogen and oxygen atoms in total. The molecule has 1 aromatic rings. The number of likely N-dealkylation sites (N-methyl/N-ethyl adjacent to an activating group) is 1. The van der Waals surface area contributed by atoms with E-state index in [1.807, 2.05) is 4.90 Å². The van der Waals surface area contributed by atoms with Gasteiger partial charge < -0.3 is 15.1 Å². The molecule has 1 aliphatic rings. The van der Waals surface area contributed by atoms with Gasteiger partial charge in [-0.25, -0.2) is 4.98 Å². The molecule has 0 radical (unpaired) electrons. The van der Waals surface area contributed by atoms with Crippen molar-refractivity contribution in [1.29, 1.82) is 0 Å². The fourth-order valence-corrected chi connectivity index (χ4v) is 2.77. The minimum absolute atomic E-state index is 0.00652. The molecule has 0 saturated carbocycles. The number of halogens is 1. The van der Waals surface area contributed by atoms with E-state index in [2.05, 4.69) is 36.1 Å². The van der Waals surface area contributed by atoms with Crippen LogP contribution in [-0.4, -0.2) is 60.0 Å². The smallest absolute Gasteiger partial charge is 0.255 e. The number of anilines is 1. The summed E-state index contributed by atoms with van der Waals surface area (Å²) in [4.78, 5) is 21.0. The van der Waals surface area contributed by atoms with Crippen LogP contribution in [0.25, 0.3) is 0 Å². The summed E-state index contributed by atoms with van der Waals surface area (Å²) in [6, 6.07) is 1.91. The van der Waals surface area contributed by atoms with Gasteiger partial charge >= 0.3 is 0 Å². The molecule has 1 unspecified atom stereocenters. The standard InChI is InChI=1S/C15H23ClN4O/c1-4-5-17-14-13(16)8-12(9-18-14)15(21)20-7-6-19(3)10-11(20)2/h8-9,11H,4-7,10H2,1-3H3,(H,17,18). The van der Waals surface area contributed by atoms with Crippen molar-refractivity contribution in [2.45, 2.75) is 26.3 Å². The maximum atomic E-state index is 12.6. The largest absolute Gasteiger partial charge is 0.369 e. The topological polar surface area (TPSA) is 48.5 Å². The Bertz CT molecular complexity index is 508. The molecule has 1 N–H and O–H groups in total. The summed E-state index contributed by atoms with van der Waals surface area (Å²) in [6.45, 7) is 7.49. The lowest BCUT2D eigenvalue weighted by Gasteiger charge is -2.38. The monoisotopic (exact) mass is 310 g/mol. The Balaban J connectivity index is 2.10. The van der Waals surface area contributed by atoms with E-state index in [0.717, 1.165) is 32.6 Å². The molecule has 1 atom stereocenters. The predicted molar refractivity (Wildman–Crippen MR) is 86.0 cm³/mol. The molecule has 21 heavy (non-hydrogen) atoms. The minimum atomic E-state index is 0.00652.